The molecule has 152 valence electrons. The maximum atomic E-state index is 11.0. The summed E-state index contributed by atoms with van der Waals surface area (Å²) in [5.41, 5.74) is 6.34. The van der Waals surface area contributed by atoms with Gasteiger partial charge in [0.2, 0.25) is 6.16 Å². The minimum Gasteiger partial charge on any atom is -0.311 e. The lowest BCUT2D eigenvalue weighted by atomic mass is 10.1. The molecule has 4 aromatic rings. The molecule has 0 heterocycles. The van der Waals surface area contributed by atoms with Crippen molar-refractivity contribution in [2.45, 2.75) is 6.16 Å². The van der Waals surface area contributed by atoms with Crippen LogP contribution in [0.4, 0.5) is 17.1 Å². The van der Waals surface area contributed by atoms with Crippen molar-refractivity contribution in [3.63, 3.8) is 0 Å². The SMILES string of the molecule is O=[P+](O)Cc1ccc(C=Cc2ccc(N(c3ccccc3)c3ccccc3)cc2)cc1. The Morgan fingerprint density at radius 1 is 0.613 bits per heavy atom. The number of rotatable bonds is 7. The summed E-state index contributed by atoms with van der Waals surface area (Å²) < 4.78 is 11.0. The number of hydrogen-bond donors (Lipinski definition) is 1. The average molecular weight is 424 g/mol. The summed E-state index contributed by atoms with van der Waals surface area (Å²) in [4.78, 5) is 11.3. The summed E-state index contributed by atoms with van der Waals surface area (Å²) in [6.07, 6.45) is 4.31. The normalized spacial score (nSPS) is 11.5. The van der Waals surface area contributed by atoms with Crippen LogP contribution < -0.4 is 4.90 Å². The molecule has 4 rings (SSSR count). The smallest absolute Gasteiger partial charge is 0.311 e. The van der Waals surface area contributed by atoms with Gasteiger partial charge in [-0.25, -0.2) is 0 Å². The molecule has 0 spiro atoms. The van der Waals surface area contributed by atoms with Crippen LogP contribution in [0.1, 0.15) is 16.7 Å². The highest BCUT2D eigenvalue weighted by molar-refractivity contribution is 7.37. The van der Waals surface area contributed by atoms with Crippen LogP contribution in [0.3, 0.4) is 0 Å². The van der Waals surface area contributed by atoms with Gasteiger partial charge < -0.3 is 4.90 Å². The van der Waals surface area contributed by atoms with Crippen LogP contribution in [0.5, 0.6) is 0 Å². The molecule has 4 heteroatoms. The van der Waals surface area contributed by atoms with Gasteiger partial charge in [-0.05, 0) is 52.1 Å². The van der Waals surface area contributed by atoms with Gasteiger partial charge >= 0.3 is 8.03 Å². The summed E-state index contributed by atoms with van der Waals surface area (Å²) in [5.74, 6) is 0. The van der Waals surface area contributed by atoms with E-state index in [4.69, 9.17) is 4.89 Å². The Labute approximate surface area is 183 Å². The molecule has 3 nitrogen and oxygen atoms in total. The molecule has 4 aromatic carbocycles. The highest BCUT2D eigenvalue weighted by Crippen LogP contribution is 2.34. The van der Waals surface area contributed by atoms with Crippen molar-refractivity contribution in [1.82, 2.24) is 0 Å². The molecule has 0 bridgehead atoms. The van der Waals surface area contributed by atoms with Crippen molar-refractivity contribution < 1.29 is 9.46 Å². The molecule has 0 aliphatic rings. The number of anilines is 3. The zero-order chi connectivity index (χ0) is 21.5. The van der Waals surface area contributed by atoms with E-state index in [0.29, 0.717) is 0 Å². The predicted molar refractivity (Wildman–Crippen MR) is 130 cm³/mol. The third-order valence-electron chi connectivity index (χ3n) is 4.95. The van der Waals surface area contributed by atoms with Crippen molar-refractivity contribution in [3.8, 4) is 0 Å². The first kappa shape index (κ1) is 20.7. The molecule has 0 amide bonds. The first-order chi connectivity index (χ1) is 15.2. The Hall–Kier alpha value is -3.52. The minimum atomic E-state index is -2.14. The molecule has 0 radical (unpaired) electrons. The fourth-order valence-electron chi connectivity index (χ4n) is 3.42. The van der Waals surface area contributed by atoms with Gasteiger partial charge in [-0.15, -0.1) is 0 Å². The summed E-state index contributed by atoms with van der Waals surface area (Å²) in [6, 6.07) is 36.9. The molecular formula is C27H23NO2P+. The van der Waals surface area contributed by atoms with Crippen LogP contribution in [-0.2, 0) is 10.7 Å². The second-order valence-electron chi connectivity index (χ2n) is 7.18. The van der Waals surface area contributed by atoms with Gasteiger partial charge in [0.05, 0.1) is 0 Å². The van der Waals surface area contributed by atoms with Crippen molar-refractivity contribution in [2.24, 2.45) is 0 Å². The average Bonchev–Trinajstić information content (AvgIpc) is 2.81. The van der Waals surface area contributed by atoms with Gasteiger partial charge in [-0.2, -0.15) is 4.89 Å². The fraction of sp³-hybridized carbons (Fsp3) is 0.0370. The van der Waals surface area contributed by atoms with Gasteiger partial charge in [-0.1, -0.05) is 84.9 Å². The summed E-state index contributed by atoms with van der Waals surface area (Å²) in [5, 5.41) is 0. The van der Waals surface area contributed by atoms with Gasteiger partial charge in [0, 0.05) is 22.6 Å². The van der Waals surface area contributed by atoms with Crippen LogP contribution in [0.2, 0.25) is 0 Å². The van der Waals surface area contributed by atoms with E-state index in [2.05, 4.69) is 59.5 Å². The van der Waals surface area contributed by atoms with Crippen molar-refractivity contribution in [1.29, 1.82) is 0 Å². The van der Waals surface area contributed by atoms with E-state index < -0.39 is 8.03 Å². The van der Waals surface area contributed by atoms with Crippen LogP contribution in [0, 0.1) is 0 Å². The topological polar surface area (TPSA) is 40.5 Å². The predicted octanol–water partition coefficient (Wildman–Crippen LogP) is 7.56. The molecular weight excluding hydrogens is 401 g/mol. The third-order valence-corrected chi connectivity index (χ3v) is 5.58. The lowest BCUT2D eigenvalue weighted by molar-refractivity contribution is 0.502. The van der Waals surface area contributed by atoms with E-state index in [0.717, 1.165) is 33.8 Å². The number of para-hydroxylation sites is 2. The van der Waals surface area contributed by atoms with Gasteiger partial charge in [0.1, 0.15) is 0 Å². The van der Waals surface area contributed by atoms with Crippen LogP contribution in [0.15, 0.2) is 109 Å². The van der Waals surface area contributed by atoms with Gasteiger partial charge in [0.15, 0.2) is 0 Å². The largest absolute Gasteiger partial charge is 0.510 e. The monoisotopic (exact) mass is 424 g/mol. The van der Waals surface area contributed by atoms with E-state index in [1.54, 1.807) is 0 Å². The maximum absolute atomic E-state index is 11.0. The third kappa shape index (κ3) is 5.55. The van der Waals surface area contributed by atoms with Gasteiger partial charge in [0.25, 0.3) is 0 Å². The van der Waals surface area contributed by atoms with Gasteiger partial charge in [-0.3, -0.25) is 0 Å². The van der Waals surface area contributed by atoms with E-state index in [1.807, 2.05) is 66.7 Å². The highest BCUT2D eigenvalue weighted by atomic mass is 31.1. The molecule has 0 aliphatic carbocycles. The molecule has 0 saturated heterocycles. The first-order valence-corrected chi connectivity index (χ1v) is 11.5. The van der Waals surface area contributed by atoms with Crippen LogP contribution >= 0.6 is 8.03 Å². The van der Waals surface area contributed by atoms with Crippen molar-refractivity contribution in [2.75, 3.05) is 4.90 Å². The first-order valence-electron chi connectivity index (χ1n) is 10.1. The second kappa shape index (κ2) is 9.99. The van der Waals surface area contributed by atoms with E-state index in [1.165, 1.54) is 0 Å². The Balaban J connectivity index is 1.55. The van der Waals surface area contributed by atoms with E-state index >= 15 is 0 Å². The Kier molecular flexibility index (Phi) is 6.68. The fourth-order valence-corrected chi connectivity index (χ4v) is 3.94. The minimum absolute atomic E-state index is 0.195. The van der Waals surface area contributed by atoms with Crippen LogP contribution in [-0.4, -0.2) is 4.89 Å². The van der Waals surface area contributed by atoms with Crippen LogP contribution in [0.25, 0.3) is 12.2 Å². The number of hydrogen-bond acceptors (Lipinski definition) is 2. The quantitative estimate of drug-likeness (QED) is 0.246. The second-order valence-corrected chi connectivity index (χ2v) is 8.20. The molecule has 0 fully saturated rings. The summed E-state index contributed by atoms with van der Waals surface area (Å²) >= 11 is 0. The molecule has 1 N–H and O–H groups in total. The molecule has 1 atom stereocenters. The zero-order valence-corrected chi connectivity index (χ0v) is 17.9. The highest BCUT2D eigenvalue weighted by Gasteiger charge is 2.12. The van der Waals surface area contributed by atoms with Crippen molar-refractivity contribution >= 4 is 37.2 Å². The van der Waals surface area contributed by atoms with E-state index in [-0.39, 0.29) is 6.16 Å². The number of nitrogens with zero attached hydrogens (tertiary/aromatic N) is 1. The van der Waals surface area contributed by atoms with E-state index in [9.17, 15) is 4.57 Å². The maximum Gasteiger partial charge on any atom is 0.510 e. The van der Waals surface area contributed by atoms with Crippen molar-refractivity contribution in [3.05, 3.63) is 126 Å². The Morgan fingerprint density at radius 2 is 1.03 bits per heavy atom. The molecule has 0 saturated carbocycles. The Morgan fingerprint density at radius 3 is 1.48 bits per heavy atom. The molecule has 31 heavy (non-hydrogen) atoms. The standard InChI is InChI=1S/C27H22NO2P/c29-31(30)21-24-15-13-22(14-16-24)11-12-23-17-19-27(20-18-23)28(25-7-3-1-4-8-25)26-9-5-2-6-10-26/h1-20H,21H2/p+1. The molecule has 0 aromatic heterocycles. The summed E-state index contributed by atoms with van der Waals surface area (Å²) in [7, 11) is -2.14. The molecule has 0 aliphatic heterocycles. The molecule has 1 unspecified atom stereocenters. The number of benzene rings is 4. The Bertz CT molecular complexity index is 1120. The lowest BCUT2D eigenvalue weighted by Gasteiger charge is -2.25. The lowest BCUT2D eigenvalue weighted by Crippen LogP contribution is -2.09. The summed E-state index contributed by atoms with van der Waals surface area (Å²) in [6.45, 7) is 0. The zero-order valence-electron chi connectivity index (χ0n) is 17.0.